The SMILES string of the molecule is O=C(c1cnccn1)N1CC[C@@H](c2nc3ccccc3o2)C1. The van der Waals surface area contributed by atoms with E-state index in [1.165, 1.54) is 12.4 Å². The van der Waals surface area contributed by atoms with E-state index in [0.717, 1.165) is 17.5 Å². The fourth-order valence-electron chi connectivity index (χ4n) is 2.78. The number of nitrogens with zero attached hydrogens (tertiary/aromatic N) is 4. The standard InChI is InChI=1S/C16H14N4O2/c21-16(13-9-17-6-7-18-13)20-8-5-11(10-20)15-19-12-3-1-2-4-14(12)22-15/h1-4,6-7,9,11H,5,8,10H2/t11-/m1/s1. The number of hydrogen-bond acceptors (Lipinski definition) is 5. The van der Waals surface area contributed by atoms with Crippen LogP contribution in [-0.2, 0) is 0 Å². The van der Waals surface area contributed by atoms with Crippen LogP contribution in [0.5, 0.6) is 0 Å². The van der Waals surface area contributed by atoms with E-state index >= 15 is 0 Å². The van der Waals surface area contributed by atoms with E-state index in [2.05, 4.69) is 15.0 Å². The van der Waals surface area contributed by atoms with Gasteiger partial charge in [-0.3, -0.25) is 9.78 Å². The van der Waals surface area contributed by atoms with Gasteiger partial charge in [-0.15, -0.1) is 0 Å². The van der Waals surface area contributed by atoms with E-state index < -0.39 is 0 Å². The highest BCUT2D eigenvalue weighted by Crippen LogP contribution is 2.29. The third-order valence-corrected chi connectivity index (χ3v) is 3.92. The van der Waals surface area contributed by atoms with Crippen molar-refractivity contribution in [3.63, 3.8) is 0 Å². The predicted octanol–water partition coefficient (Wildman–Crippen LogP) is 2.25. The van der Waals surface area contributed by atoms with Crippen LogP contribution in [0.2, 0.25) is 0 Å². The summed E-state index contributed by atoms with van der Waals surface area (Å²) in [5.41, 5.74) is 2.02. The lowest BCUT2D eigenvalue weighted by Crippen LogP contribution is -2.29. The van der Waals surface area contributed by atoms with Crippen LogP contribution in [0, 0.1) is 0 Å². The number of benzene rings is 1. The molecular weight excluding hydrogens is 280 g/mol. The quantitative estimate of drug-likeness (QED) is 0.725. The minimum Gasteiger partial charge on any atom is -0.440 e. The molecule has 1 aliphatic rings. The van der Waals surface area contributed by atoms with Gasteiger partial charge in [-0.1, -0.05) is 12.1 Å². The molecule has 2 aromatic heterocycles. The number of likely N-dealkylation sites (tertiary alicyclic amines) is 1. The van der Waals surface area contributed by atoms with Gasteiger partial charge in [-0.2, -0.15) is 0 Å². The first kappa shape index (κ1) is 12.9. The van der Waals surface area contributed by atoms with E-state index in [9.17, 15) is 4.79 Å². The van der Waals surface area contributed by atoms with Crippen LogP contribution in [0.1, 0.15) is 28.7 Å². The Morgan fingerprint density at radius 1 is 1.27 bits per heavy atom. The smallest absolute Gasteiger partial charge is 0.274 e. The van der Waals surface area contributed by atoms with E-state index in [1.807, 2.05) is 24.3 Å². The molecule has 1 amide bonds. The Hall–Kier alpha value is -2.76. The van der Waals surface area contributed by atoms with Crippen molar-refractivity contribution in [2.75, 3.05) is 13.1 Å². The number of rotatable bonds is 2. The molecule has 0 N–H and O–H groups in total. The number of hydrogen-bond donors (Lipinski definition) is 0. The number of para-hydroxylation sites is 2. The number of carbonyl (C=O) groups is 1. The molecule has 110 valence electrons. The third kappa shape index (κ3) is 2.22. The highest BCUT2D eigenvalue weighted by atomic mass is 16.3. The van der Waals surface area contributed by atoms with Crippen molar-refractivity contribution in [2.24, 2.45) is 0 Å². The molecule has 22 heavy (non-hydrogen) atoms. The Balaban J connectivity index is 1.53. The van der Waals surface area contributed by atoms with Gasteiger partial charge < -0.3 is 9.32 Å². The van der Waals surface area contributed by atoms with Gasteiger partial charge in [0.05, 0.1) is 12.1 Å². The highest BCUT2D eigenvalue weighted by molar-refractivity contribution is 5.92. The van der Waals surface area contributed by atoms with Gasteiger partial charge in [-0.25, -0.2) is 9.97 Å². The molecule has 3 heterocycles. The van der Waals surface area contributed by atoms with Crippen molar-refractivity contribution in [1.82, 2.24) is 19.9 Å². The van der Waals surface area contributed by atoms with Crippen LogP contribution in [0.3, 0.4) is 0 Å². The summed E-state index contributed by atoms with van der Waals surface area (Å²) < 4.78 is 5.81. The molecule has 0 aliphatic carbocycles. The first-order valence-electron chi connectivity index (χ1n) is 7.22. The second-order valence-electron chi connectivity index (χ2n) is 5.35. The molecule has 1 aromatic carbocycles. The Labute approximate surface area is 126 Å². The van der Waals surface area contributed by atoms with Gasteiger partial charge in [0, 0.05) is 25.5 Å². The Morgan fingerprint density at radius 3 is 3.00 bits per heavy atom. The fourth-order valence-corrected chi connectivity index (χ4v) is 2.78. The van der Waals surface area contributed by atoms with Crippen LogP contribution >= 0.6 is 0 Å². The number of amides is 1. The number of fused-ring (bicyclic) bond motifs is 1. The van der Waals surface area contributed by atoms with Gasteiger partial charge in [0.1, 0.15) is 11.2 Å². The summed E-state index contributed by atoms with van der Waals surface area (Å²) in [4.78, 5) is 26.7. The maximum absolute atomic E-state index is 12.4. The Kier molecular flexibility index (Phi) is 3.07. The third-order valence-electron chi connectivity index (χ3n) is 3.92. The predicted molar refractivity (Wildman–Crippen MR) is 79.3 cm³/mol. The summed E-state index contributed by atoms with van der Waals surface area (Å²) in [5.74, 6) is 0.746. The van der Waals surface area contributed by atoms with E-state index in [4.69, 9.17) is 4.42 Å². The molecule has 0 unspecified atom stereocenters. The number of carbonyl (C=O) groups excluding carboxylic acids is 1. The molecule has 1 atom stereocenters. The molecule has 1 fully saturated rings. The minimum absolute atomic E-state index is 0.0910. The second kappa shape index (κ2) is 5.22. The van der Waals surface area contributed by atoms with Crippen molar-refractivity contribution in [2.45, 2.75) is 12.3 Å². The summed E-state index contributed by atoms with van der Waals surface area (Å²) in [6, 6.07) is 7.70. The monoisotopic (exact) mass is 294 g/mol. The normalized spacial score (nSPS) is 18.0. The van der Waals surface area contributed by atoms with Gasteiger partial charge >= 0.3 is 0 Å². The highest BCUT2D eigenvalue weighted by Gasteiger charge is 2.31. The molecule has 4 rings (SSSR count). The molecule has 0 bridgehead atoms. The molecule has 1 aliphatic heterocycles. The Bertz CT molecular complexity index is 782. The molecule has 6 nitrogen and oxygen atoms in total. The molecule has 6 heteroatoms. The summed E-state index contributed by atoms with van der Waals surface area (Å²) >= 11 is 0. The zero-order valence-electron chi connectivity index (χ0n) is 11.8. The van der Waals surface area contributed by atoms with Crippen molar-refractivity contribution >= 4 is 17.0 Å². The van der Waals surface area contributed by atoms with Crippen molar-refractivity contribution in [1.29, 1.82) is 0 Å². The molecule has 3 aromatic rings. The Morgan fingerprint density at radius 2 is 2.18 bits per heavy atom. The molecule has 0 radical (unpaired) electrons. The van der Waals surface area contributed by atoms with Crippen LogP contribution < -0.4 is 0 Å². The summed E-state index contributed by atoms with van der Waals surface area (Å²) in [5, 5.41) is 0. The van der Waals surface area contributed by atoms with Gasteiger partial charge in [-0.05, 0) is 18.6 Å². The van der Waals surface area contributed by atoms with E-state index in [1.54, 1.807) is 11.1 Å². The summed E-state index contributed by atoms with van der Waals surface area (Å²) in [7, 11) is 0. The fraction of sp³-hybridized carbons (Fsp3) is 0.250. The van der Waals surface area contributed by atoms with Crippen molar-refractivity contribution < 1.29 is 9.21 Å². The first-order valence-corrected chi connectivity index (χ1v) is 7.22. The topological polar surface area (TPSA) is 72.1 Å². The second-order valence-corrected chi connectivity index (χ2v) is 5.35. The lowest BCUT2D eigenvalue weighted by Gasteiger charge is -2.14. The lowest BCUT2D eigenvalue weighted by atomic mass is 10.1. The van der Waals surface area contributed by atoms with Crippen LogP contribution in [0.4, 0.5) is 0 Å². The largest absolute Gasteiger partial charge is 0.440 e. The van der Waals surface area contributed by atoms with E-state index in [0.29, 0.717) is 24.7 Å². The molecular formula is C16H14N4O2. The first-order chi connectivity index (χ1) is 10.8. The maximum atomic E-state index is 12.4. The zero-order chi connectivity index (χ0) is 14.9. The zero-order valence-corrected chi connectivity index (χ0v) is 11.8. The maximum Gasteiger partial charge on any atom is 0.274 e. The summed E-state index contributed by atoms with van der Waals surface area (Å²) in [6.45, 7) is 1.28. The van der Waals surface area contributed by atoms with Gasteiger partial charge in [0.25, 0.3) is 5.91 Å². The molecule has 0 saturated carbocycles. The summed E-state index contributed by atoms with van der Waals surface area (Å²) in [6.07, 6.45) is 5.43. The van der Waals surface area contributed by atoms with Crippen LogP contribution in [-0.4, -0.2) is 38.8 Å². The number of aromatic nitrogens is 3. The lowest BCUT2D eigenvalue weighted by molar-refractivity contribution is 0.0783. The van der Waals surface area contributed by atoms with Crippen molar-refractivity contribution in [3.8, 4) is 0 Å². The van der Waals surface area contributed by atoms with Gasteiger partial charge in [0.2, 0.25) is 0 Å². The number of oxazole rings is 1. The minimum atomic E-state index is -0.0910. The van der Waals surface area contributed by atoms with Crippen molar-refractivity contribution in [3.05, 3.63) is 54.4 Å². The molecule has 0 spiro atoms. The van der Waals surface area contributed by atoms with Gasteiger partial charge in [0.15, 0.2) is 11.5 Å². The van der Waals surface area contributed by atoms with Crippen LogP contribution in [0.25, 0.3) is 11.1 Å². The average molecular weight is 294 g/mol. The van der Waals surface area contributed by atoms with E-state index in [-0.39, 0.29) is 11.8 Å². The molecule has 1 saturated heterocycles. The van der Waals surface area contributed by atoms with Crippen LogP contribution in [0.15, 0.2) is 47.3 Å². The average Bonchev–Trinajstić information content (AvgIpc) is 3.21.